The number of hydrogen-bond acceptors (Lipinski definition) is 4. The van der Waals surface area contributed by atoms with Crippen molar-refractivity contribution < 1.29 is 14.3 Å². The van der Waals surface area contributed by atoms with Crippen LogP contribution in [0.25, 0.3) is 11.1 Å². The van der Waals surface area contributed by atoms with E-state index in [4.69, 9.17) is 9.47 Å². The fourth-order valence-electron chi connectivity index (χ4n) is 5.63. The predicted molar refractivity (Wildman–Crippen MR) is 130 cm³/mol. The first-order chi connectivity index (χ1) is 16.1. The topological polar surface area (TPSA) is 50.8 Å². The first-order valence-electron chi connectivity index (χ1n) is 12.5. The predicted octanol–water partition coefficient (Wildman–Crippen LogP) is 4.47. The smallest absolute Gasteiger partial charge is 0.249 e. The molecule has 3 aliphatic heterocycles. The van der Waals surface area contributed by atoms with Gasteiger partial charge in [-0.25, -0.2) is 0 Å². The third kappa shape index (κ3) is 5.32. The van der Waals surface area contributed by atoms with Gasteiger partial charge in [0.25, 0.3) is 0 Å². The molecule has 0 aromatic heterocycles. The number of hydrogen-bond donors (Lipinski definition) is 1. The Morgan fingerprint density at radius 2 is 1.94 bits per heavy atom. The maximum atomic E-state index is 12.2. The van der Waals surface area contributed by atoms with Gasteiger partial charge in [-0.15, -0.1) is 0 Å². The maximum Gasteiger partial charge on any atom is 0.249 e. The molecule has 0 radical (unpaired) electrons. The van der Waals surface area contributed by atoms with Crippen molar-refractivity contribution >= 4 is 5.91 Å². The van der Waals surface area contributed by atoms with Gasteiger partial charge in [-0.2, -0.15) is 0 Å². The van der Waals surface area contributed by atoms with E-state index in [1.54, 1.807) is 0 Å². The SMILES string of the molecule is Cc1ccccc1-c1cccc(CN2CCC3(CCC(CNC(=O)C4CCCO4)O3)CC2)c1. The van der Waals surface area contributed by atoms with Crippen LogP contribution >= 0.6 is 0 Å². The highest BCUT2D eigenvalue weighted by molar-refractivity contribution is 5.81. The second-order valence-electron chi connectivity index (χ2n) is 10.00. The lowest BCUT2D eigenvalue weighted by Gasteiger charge is -2.39. The van der Waals surface area contributed by atoms with Crippen LogP contribution < -0.4 is 5.32 Å². The molecule has 0 saturated carbocycles. The molecule has 1 spiro atoms. The van der Waals surface area contributed by atoms with Gasteiger partial charge in [0.2, 0.25) is 5.91 Å². The van der Waals surface area contributed by atoms with Crippen molar-refractivity contribution in [2.75, 3.05) is 26.2 Å². The zero-order valence-electron chi connectivity index (χ0n) is 19.7. The summed E-state index contributed by atoms with van der Waals surface area (Å²) in [7, 11) is 0. The van der Waals surface area contributed by atoms with E-state index in [0.29, 0.717) is 13.2 Å². The Morgan fingerprint density at radius 1 is 1.09 bits per heavy atom. The lowest BCUT2D eigenvalue weighted by atomic mass is 9.88. The van der Waals surface area contributed by atoms with Gasteiger partial charge >= 0.3 is 0 Å². The zero-order chi connectivity index (χ0) is 22.7. The monoisotopic (exact) mass is 448 g/mol. The van der Waals surface area contributed by atoms with Crippen LogP contribution in [0.2, 0.25) is 0 Å². The fourth-order valence-corrected chi connectivity index (χ4v) is 5.63. The molecular formula is C28H36N2O3. The summed E-state index contributed by atoms with van der Waals surface area (Å²) in [5, 5.41) is 3.05. The summed E-state index contributed by atoms with van der Waals surface area (Å²) in [5.41, 5.74) is 5.29. The van der Waals surface area contributed by atoms with E-state index in [1.807, 2.05) is 0 Å². The summed E-state index contributed by atoms with van der Waals surface area (Å²) in [5.74, 6) is 0.0276. The van der Waals surface area contributed by atoms with Gasteiger partial charge < -0.3 is 14.8 Å². The van der Waals surface area contributed by atoms with E-state index in [0.717, 1.165) is 58.2 Å². The minimum Gasteiger partial charge on any atom is -0.370 e. The van der Waals surface area contributed by atoms with E-state index in [-0.39, 0.29) is 23.7 Å². The van der Waals surface area contributed by atoms with Crippen molar-refractivity contribution in [1.82, 2.24) is 10.2 Å². The number of carbonyl (C=O) groups excluding carboxylic acids is 1. The highest BCUT2D eigenvalue weighted by Crippen LogP contribution is 2.39. The van der Waals surface area contributed by atoms with Gasteiger partial charge in [-0.1, -0.05) is 42.5 Å². The van der Waals surface area contributed by atoms with Crippen LogP contribution in [0.5, 0.6) is 0 Å². The van der Waals surface area contributed by atoms with Crippen LogP contribution in [0.15, 0.2) is 48.5 Å². The molecule has 176 valence electrons. The number of ether oxygens (including phenoxy) is 2. The zero-order valence-corrected chi connectivity index (χ0v) is 19.7. The number of nitrogens with zero attached hydrogens (tertiary/aromatic N) is 1. The van der Waals surface area contributed by atoms with Crippen LogP contribution in [0.1, 0.15) is 49.7 Å². The standard InChI is InChI=1S/C28H36N2O3/c1-21-6-2-3-9-25(21)23-8-4-7-22(18-23)20-30-15-13-28(14-16-30)12-11-24(33-28)19-29-27(31)26-10-5-17-32-26/h2-4,6-9,18,24,26H,5,10-17,19-20H2,1H3,(H,29,31). The Bertz CT molecular complexity index is 961. The first-order valence-corrected chi connectivity index (χ1v) is 12.5. The second-order valence-corrected chi connectivity index (χ2v) is 10.00. The molecule has 2 atom stereocenters. The number of piperidine rings is 1. The van der Waals surface area contributed by atoms with Crippen LogP contribution in [0, 0.1) is 6.92 Å². The van der Waals surface area contributed by atoms with Crippen molar-refractivity contribution in [3.63, 3.8) is 0 Å². The average Bonchev–Trinajstić information content (AvgIpc) is 3.51. The molecule has 0 bridgehead atoms. The van der Waals surface area contributed by atoms with Crippen LogP contribution in [-0.2, 0) is 20.8 Å². The van der Waals surface area contributed by atoms with Gasteiger partial charge in [0.15, 0.2) is 0 Å². The lowest BCUT2D eigenvalue weighted by Crippen LogP contribution is -2.45. The number of aryl methyl sites for hydroxylation is 1. The van der Waals surface area contributed by atoms with Gasteiger partial charge in [0.05, 0.1) is 11.7 Å². The van der Waals surface area contributed by atoms with Crippen molar-refractivity contribution in [2.45, 2.75) is 69.8 Å². The van der Waals surface area contributed by atoms with Crippen molar-refractivity contribution in [3.05, 3.63) is 59.7 Å². The quantitative estimate of drug-likeness (QED) is 0.708. The number of benzene rings is 2. The van der Waals surface area contributed by atoms with Crippen molar-refractivity contribution in [2.24, 2.45) is 0 Å². The van der Waals surface area contributed by atoms with Crippen LogP contribution in [0.4, 0.5) is 0 Å². The third-order valence-corrected chi connectivity index (χ3v) is 7.62. The highest BCUT2D eigenvalue weighted by Gasteiger charge is 2.42. The number of likely N-dealkylation sites (tertiary alicyclic amines) is 1. The summed E-state index contributed by atoms with van der Waals surface area (Å²) in [6.07, 6.45) is 5.97. The molecule has 5 nitrogen and oxygen atoms in total. The minimum absolute atomic E-state index is 0.00124. The Kier molecular flexibility index (Phi) is 6.81. The minimum atomic E-state index is -0.257. The van der Waals surface area contributed by atoms with Crippen LogP contribution in [0.3, 0.4) is 0 Å². The molecule has 5 heteroatoms. The van der Waals surface area contributed by atoms with Gasteiger partial charge in [-0.3, -0.25) is 9.69 Å². The molecule has 2 aromatic carbocycles. The Balaban J connectivity index is 1.11. The Labute approximate surface area is 197 Å². The molecular weight excluding hydrogens is 412 g/mol. The second kappa shape index (κ2) is 9.96. The number of nitrogens with one attached hydrogen (secondary N) is 1. The third-order valence-electron chi connectivity index (χ3n) is 7.62. The van der Waals surface area contributed by atoms with E-state index in [1.165, 1.54) is 22.3 Å². The lowest BCUT2D eigenvalue weighted by molar-refractivity contribution is -0.131. The number of rotatable bonds is 6. The maximum absolute atomic E-state index is 12.2. The van der Waals surface area contributed by atoms with E-state index < -0.39 is 0 Å². The van der Waals surface area contributed by atoms with Gasteiger partial charge in [0.1, 0.15) is 6.10 Å². The molecule has 3 aliphatic rings. The molecule has 2 aromatic rings. The average molecular weight is 449 g/mol. The molecule has 3 heterocycles. The summed E-state index contributed by atoms with van der Waals surface area (Å²) < 4.78 is 12.0. The fraction of sp³-hybridized carbons (Fsp3) is 0.536. The number of amides is 1. The molecule has 1 N–H and O–H groups in total. The Morgan fingerprint density at radius 3 is 2.73 bits per heavy atom. The molecule has 3 fully saturated rings. The molecule has 33 heavy (non-hydrogen) atoms. The molecule has 2 unspecified atom stereocenters. The van der Waals surface area contributed by atoms with Crippen molar-refractivity contribution in [1.29, 1.82) is 0 Å². The first kappa shape index (κ1) is 22.6. The molecule has 3 saturated heterocycles. The molecule has 0 aliphatic carbocycles. The summed E-state index contributed by atoms with van der Waals surface area (Å²) in [4.78, 5) is 14.8. The summed E-state index contributed by atoms with van der Waals surface area (Å²) in [6.45, 7) is 6.59. The molecule has 1 amide bonds. The van der Waals surface area contributed by atoms with E-state index in [2.05, 4.69) is 65.7 Å². The molecule has 5 rings (SSSR count). The van der Waals surface area contributed by atoms with E-state index in [9.17, 15) is 4.79 Å². The van der Waals surface area contributed by atoms with Gasteiger partial charge in [-0.05, 0) is 73.8 Å². The highest BCUT2D eigenvalue weighted by atomic mass is 16.5. The van der Waals surface area contributed by atoms with E-state index >= 15 is 0 Å². The summed E-state index contributed by atoms with van der Waals surface area (Å²) in [6, 6.07) is 17.6. The largest absolute Gasteiger partial charge is 0.370 e. The van der Waals surface area contributed by atoms with Crippen molar-refractivity contribution in [3.8, 4) is 11.1 Å². The van der Waals surface area contributed by atoms with Crippen LogP contribution in [-0.4, -0.2) is 54.9 Å². The Hall–Kier alpha value is -2.21. The van der Waals surface area contributed by atoms with Gasteiger partial charge in [0, 0.05) is 32.8 Å². The number of carbonyl (C=O) groups is 1. The summed E-state index contributed by atoms with van der Waals surface area (Å²) >= 11 is 0. The normalized spacial score (nSPS) is 24.9.